The van der Waals surface area contributed by atoms with Gasteiger partial charge in [-0.25, -0.2) is 0 Å². The normalized spacial score (nSPS) is 15.4. The van der Waals surface area contributed by atoms with E-state index in [1.165, 1.54) is 0 Å². The van der Waals surface area contributed by atoms with Gasteiger partial charge in [0.15, 0.2) is 0 Å². The zero-order valence-corrected chi connectivity index (χ0v) is 34.8. The average molecular weight is 850 g/mol. The van der Waals surface area contributed by atoms with Gasteiger partial charge in [0.2, 0.25) is 0 Å². The van der Waals surface area contributed by atoms with E-state index >= 15 is 0 Å². The number of furan rings is 2. The Kier molecular flexibility index (Phi) is 6.46. The third kappa shape index (κ3) is 4.35. The minimum Gasteiger partial charge on any atom is -0.484 e. The van der Waals surface area contributed by atoms with Crippen LogP contribution in [0.2, 0.25) is 0 Å². The largest absolute Gasteiger partial charge is 0.484 e. The predicted molar refractivity (Wildman–Crippen MR) is 257 cm³/mol. The molecular formula is C56H31N7O3. The summed E-state index contributed by atoms with van der Waals surface area (Å²) >= 11 is 0. The van der Waals surface area contributed by atoms with Crippen molar-refractivity contribution in [3.63, 3.8) is 0 Å². The second kappa shape index (κ2) is 12.4. The van der Waals surface area contributed by atoms with E-state index in [-0.39, 0.29) is 5.92 Å². The van der Waals surface area contributed by atoms with Crippen LogP contribution < -0.4 is 4.74 Å². The summed E-state index contributed by atoms with van der Waals surface area (Å²) in [5, 5.41) is 6.27. The van der Waals surface area contributed by atoms with Crippen molar-refractivity contribution in [2.24, 2.45) is 0 Å². The van der Waals surface area contributed by atoms with Crippen LogP contribution in [0.5, 0.6) is 5.75 Å². The fourth-order valence-electron chi connectivity index (χ4n) is 11.4. The first kappa shape index (κ1) is 34.5. The van der Waals surface area contributed by atoms with Crippen molar-refractivity contribution in [1.29, 1.82) is 0 Å². The molecule has 0 saturated heterocycles. The minimum absolute atomic E-state index is 0.283. The Bertz CT molecular complexity index is 4270. The molecule has 10 nitrogen and oxygen atoms in total. The van der Waals surface area contributed by atoms with Crippen LogP contribution in [0.4, 0.5) is 0 Å². The molecule has 5 aromatic carbocycles. The highest BCUT2D eigenvalue weighted by Crippen LogP contribution is 2.61. The summed E-state index contributed by atoms with van der Waals surface area (Å²) in [5.41, 5.74) is 15.9. The molecule has 0 N–H and O–H groups in total. The summed E-state index contributed by atoms with van der Waals surface area (Å²) < 4.78 is 28.3. The van der Waals surface area contributed by atoms with E-state index in [1.807, 2.05) is 49.3 Å². The van der Waals surface area contributed by atoms with Gasteiger partial charge >= 0.3 is 0 Å². The Morgan fingerprint density at radius 3 is 1.65 bits per heavy atom. The smallest absolute Gasteiger partial charge is 0.146 e. The predicted octanol–water partition coefficient (Wildman–Crippen LogP) is 13.3. The summed E-state index contributed by atoms with van der Waals surface area (Å²) in [7, 11) is 0. The molecule has 1 aliphatic carbocycles. The van der Waals surface area contributed by atoms with Gasteiger partial charge in [-0.3, -0.25) is 19.9 Å². The van der Waals surface area contributed by atoms with Crippen LogP contribution in [0.1, 0.15) is 28.9 Å². The van der Waals surface area contributed by atoms with E-state index in [4.69, 9.17) is 23.5 Å². The van der Waals surface area contributed by atoms with Gasteiger partial charge in [0.1, 0.15) is 34.5 Å². The van der Waals surface area contributed by atoms with Crippen LogP contribution >= 0.6 is 0 Å². The van der Waals surface area contributed by atoms with Crippen molar-refractivity contribution in [3.05, 3.63) is 194 Å². The van der Waals surface area contributed by atoms with Gasteiger partial charge in [-0.05, 0) is 103 Å². The maximum absolute atomic E-state index is 7.18. The molecule has 0 bridgehead atoms. The van der Waals surface area contributed by atoms with E-state index in [0.717, 1.165) is 139 Å². The van der Waals surface area contributed by atoms with Crippen LogP contribution in [0.25, 0.3) is 116 Å². The number of aromatic nitrogens is 7. The number of rotatable bonds is 3. The van der Waals surface area contributed by atoms with Crippen molar-refractivity contribution in [3.8, 4) is 34.1 Å². The molecule has 10 heteroatoms. The number of pyridine rings is 4. The molecule has 308 valence electrons. The molecule has 0 spiro atoms. The summed E-state index contributed by atoms with van der Waals surface area (Å²) in [4.78, 5) is 18.6. The summed E-state index contributed by atoms with van der Waals surface area (Å²) in [6.07, 6.45) is 10.8. The maximum atomic E-state index is 7.18. The Balaban J connectivity index is 0.965. The summed E-state index contributed by atoms with van der Waals surface area (Å²) in [6, 6.07) is 48.8. The molecule has 0 fully saturated rings. The molecule has 0 radical (unpaired) electrons. The Hall–Kier alpha value is -9.02. The quantitative estimate of drug-likeness (QED) is 0.174. The van der Waals surface area contributed by atoms with Crippen LogP contribution in [-0.4, -0.2) is 33.6 Å². The third-order valence-electron chi connectivity index (χ3n) is 14.1. The van der Waals surface area contributed by atoms with Crippen molar-refractivity contribution in [2.75, 3.05) is 0 Å². The lowest BCUT2D eigenvalue weighted by molar-refractivity contribution is 0.211. The average Bonchev–Trinajstić information content (AvgIpc) is 4.22. The standard InChI is InChI=1S/C56H31N7O3/c1-3-9-40-33(7-1)52-44(11-5-21-59-52)62(40)31-14-17-47-36(26-31)51-55(65-47)49-35-25-30(61-42-19-23-57-28-38(42)39-29-58-24-20-43(39)61)13-16-46(35)64-54(49)50-37-27-32(15-18-48(37)66-56(50)51)63-41-10-4-2-8-34(41)53-45(63)12-6-22-60-53/h1-29,49,54H. The molecule has 16 rings (SSSR count). The van der Waals surface area contributed by atoms with E-state index in [1.54, 1.807) is 0 Å². The van der Waals surface area contributed by atoms with E-state index in [0.29, 0.717) is 0 Å². The number of benzene rings is 5. The second-order valence-electron chi connectivity index (χ2n) is 17.4. The highest BCUT2D eigenvalue weighted by atomic mass is 16.5. The zero-order chi connectivity index (χ0) is 42.8. The van der Waals surface area contributed by atoms with Crippen LogP contribution in [0, 0.1) is 0 Å². The van der Waals surface area contributed by atoms with Gasteiger partial charge in [-0.2, -0.15) is 0 Å². The molecular weight excluding hydrogens is 819 g/mol. The Labute approximate surface area is 373 Å². The number of hydrogen-bond donors (Lipinski definition) is 0. The van der Waals surface area contributed by atoms with Gasteiger partial charge in [-0.15, -0.1) is 0 Å². The first-order valence-electron chi connectivity index (χ1n) is 22.1. The van der Waals surface area contributed by atoms with Crippen LogP contribution in [0.3, 0.4) is 0 Å². The summed E-state index contributed by atoms with van der Waals surface area (Å²) in [5.74, 6) is 2.11. The first-order valence-corrected chi connectivity index (χ1v) is 22.1. The van der Waals surface area contributed by atoms with E-state index in [2.05, 4.69) is 151 Å². The molecule has 0 saturated carbocycles. The van der Waals surface area contributed by atoms with Crippen molar-refractivity contribution in [1.82, 2.24) is 33.6 Å². The Morgan fingerprint density at radius 1 is 0.439 bits per heavy atom. The molecule has 14 aromatic rings. The van der Waals surface area contributed by atoms with E-state index in [9.17, 15) is 0 Å². The number of fused-ring (bicyclic) bond motifs is 21. The first-order chi connectivity index (χ1) is 32.7. The van der Waals surface area contributed by atoms with Crippen molar-refractivity contribution < 1.29 is 13.6 Å². The highest BCUT2D eigenvalue weighted by molar-refractivity contribution is 6.10. The van der Waals surface area contributed by atoms with Crippen LogP contribution in [-0.2, 0) is 0 Å². The molecule has 2 aliphatic rings. The molecule has 10 heterocycles. The molecule has 2 unspecified atom stereocenters. The molecule has 2 atom stereocenters. The molecule has 66 heavy (non-hydrogen) atoms. The van der Waals surface area contributed by atoms with Gasteiger partial charge in [-0.1, -0.05) is 36.4 Å². The topological polar surface area (TPSA) is 102 Å². The van der Waals surface area contributed by atoms with Gasteiger partial charge in [0, 0.05) is 97.7 Å². The lowest BCUT2D eigenvalue weighted by Gasteiger charge is -2.24. The fraction of sp³-hybridized carbons (Fsp3) is 0.0357. The third-order valence-corrected chi connectivity index (χ3v) is 14.1. The lowest BCUT2D eigenvalue weighted by atomic mass is 9.80. The monoisotopic (exact) mass is 849 g/mol. The number of hydrogen-bond acceptors (Lipinski definition) is 7. The lowest BCUT2D eigenvalue weighted by Crippen LogP contribution is -2.16. The molecule has 0 amide bonds. The molecule has 9 aromatic heterocycles. The number of para-hydroxylation sites is 2. The second-order valence-corrected chi connectivity index (χ2v) is 17.4. The Morgan fingerprint density at radius 2 is 0.985 bits per heavy atom. The zero-order valence-electron chi connectivity index (χ0n) is 34.8. The maximum Gasteiger partial charge on any atom is 0.146 e. The number of nitrogens with zero attached hydrogens (tertiary/aromatic N) is 7. The van der Waals surface area contributed by atoms with Gasteiger partial charge in [0.05, 0.1) is 55.6 Å². The fourth-order valence-corrected chi connectivity index (χ4v) is 11.4. The van der Waals surface area contributed by atoms with Crippen molar-refractivity contribution in [2.45, 2.75) is 12.0 Å². The van der Waals surface area contributed by atoms with Gasteiger partial charge < -0.3 is 27.3 Å². The molecule has 1 aliphatic heterocycles. The SMILES string of the molecule is c1ccc2c(c1)c1ncccc1n2-c1ccc2oc3c(c2c1)-c1oc2ccc(-n4c5ccccc5c5ncccc54)cc2c1C1Oc2ccc(-n4c5ccncc5c5cnccc54)cc2C31. The highest BCUT2D eigenvalue weighted by Gasteiger charge is 2.48. The van der Waals surface area contributed by atoms with E-state index < -0.39 is 6.10 Å². The van der Waals surface area contributed by atoms with Gasteiger partial charge in [0.25, 0.3) is 0 Å². The van der Waals surface area contributed by atoms with Crippen LogP contribution in [0.15, 0.2) is 186 Å². The summed E-state index contributed by atoms with van der Waals surface area (Å²) in [6.45, 7) is 0. The van der Waals surface area contributed by atoms with Crippen molar-refractivity contribution >= 4 is 87.6 Å². The minimum atomic E-state index is -0.427. The number of ether oxygens (including phenoxy) is 1.